The smallest absolute Gasteiger partial charge is 0.0357 e. The van der Waals surface area contributed by atoms with E-state index in [-0.39, 0.29) is 5.54 Å². The van der Waals surface area contributed by atoms with E-state index >= 15 is 0 Å². The van der Waals surface area contributed by atoms with Crippen molar-refractivity contribution in [3.05, 3.63) is 0 Å². The standard InChI is InChI=1S/C17H34N2/c1-19(2)17(13-9-5-6-10-14-17)16(18)15-11-7-3-4-8-12-15/h15-16H,3-14,18H2,1-2H3. The first-order valence-corrected chi connectivity index (χ1v) is 8.60. The minimum Gasteiger partial charge on any atom is -0.326 e. The highest BCUT2D eigenvalue weighted by Gasteiger charge is 2.42. The zero-order valence-corrected chi connectivity index (χ0v) is 13.2. The van der Waals surface area contributed by atoms with Crippen molar-refractivity contribution in [1.82, 2.24) is 4.90 Å². The molecule has 0 aromatic heterocycles. The molecule has 0 amide bonds. The summed E-state index contributed by atoms with van der Waals surface area (Å²) in [7, 11) is 4.53. The fourth-order valence-corrected chi connectivity index (χ4v) is 4.53. The zero-order chi connectivity index (χ0) is 13.7. The molecule has 0 heterocycles. The fourth-order valence-electron chi connectivity index (χ4n) is 4.53. The van der Waals surface area contributed by atoms with E-state index in [2.05, 4.69) is 19.0 Å². The topological polar surface area (TPSA) is 29.3 Å². The normalized spacial score (nSPS) is 27.8. The van der Waals surface area contributed by atoms with Crippen LogP contribution in [0, 0.1) is 5.92 Å². The van der Waals surface area contributed by atoms with Gasteiger partial charge in [0.2, 0.25) is 0 Å². The monoisotopic (exact) mass is 266 g/mol. The molecule has 0 aromatic rings. The largest absolute Gasteiger partial charge is 0.326 e. The van der Waals surface area contributed by atoms with Crippen LogP contribution in [0.4, 0.5) is 0 Å². The van der Waals surface area contributed by atoms with Crippen LogP contribution in [0.2, 0.25) is 0 Å². The Balaban J connectivity index is 2.11. The lowest BCUT2D eigenvalue weighted by Crippen LogP contribution is -2.60. The van der Waals surface area contributed by atoms with Crippen LogP contribution in [0.25, 0.3) is 0 Å². The van der Waals surface area contributed by atoms with Gasteiger partial charge in [0.25, 0.3) is 0 Å². The Morgan fingerprint density at radius 2 is 1.32 bits per heavy atom. The first-order valence-electron chi connectivity index (χ1n) is 8.60. The van der Waals surface area contributed by atoms with E-state index in [1.54, 1.807) is 0 Å². The predicted molar refractivity (Wildman–Crippen MR) is 83.3 cm³/mol. The number of rotatable bonds is 3. The molecule has 2 aliphatic rings. The van der Waals surface area contributed by atoms with Gasteiger partial charge in [0.1, 0.15) is 0 Å². The molecule has 2 saturated carbocycles. The molecule has 2 nitrogen and oxygen atoms in total. The van der Waals surface area contributed by atoms with Gasteiger partial charge in [-0.15, -0.1) is 0 Å². The van der Waals surface area contributed by atoms with Crippen LogP contribution in [0.3, 0.4) is 0 Å². The zero-order valence-electron chi connectivity index (χ0n) is 13.2. The van der Waals surface area contributed by atoms with Crippen LogP contribution in [-0.2, 0) is 0 Å². The summed E-state index contributed by atoms with van der Waals surface area (Å²) < 4.78 is 0. The highest BCUT2D eigenvalue weighted by atomic mass is 15.2. The predicted octanol–water partition coefficient (Wildman–Crippen LogP) is 3.94. The molecule has 0 radical (unpaired) electrons. The molecule has 2 aliphatic carbocycles. The van der Waals surface area contributed by atoms with Crippen LogP contribution in [0.5, 0.6) is 0 Å². The Kier molecular flexibility index (Phi) is 5.70. The molecule has 0 spiro atoms. The molecule has 112 valence electrons. The van der Waals surface area contributed by atoms with Gasteiger partial charge in [0.05, 0.1) is 0 Å². The van der Waals surface area contributed by atoms with Gasteiger partial charge >= 0.3 is 0 Å². The second-order valence-electron chi connectivity index (χ2n) is 7.19. The lowest BCUT2D eigenvalue weighted by molar-refractivity contribution is 0.0668. The third kappa shape index (κ3) is 3.52. The van der Waals surface area contributed by atoms with E-state index in [9.17, 15) is 0 Å². The van der Waals surface area contributed by atoms with Crippen molar-refractivity contribution >= 4 is 0 Å². The number of likely N-dealkylation sites (N-methyl/N-ethyl adjacent to an activating group) is 1. The maximum atomic E-state index is 6.86. The summed E-state index contributed by atoms with van der Waals surface area (Å²) in [5.74, 6) is 0.767. The van der Waals surface area contributed by atoms with Crippen LogP contribution < -0.4 is 5.73 Å². The second-order valence-corrected chi connectivity index (χ2v) is 7.19. The molecule has 2 heteroatoms. The summed E-state index contributed by atoms with van der Waals surface area (Å²) in [5, 5.41) is 0. The molecule has 0 saturated heterocycles. The number of nitrogens with zero attached hydrogens (tertiary/aromatic N) is 1. The number of nitrogens with two attached hydrogens (primary N) is 1. The van der Waals surface area contributed by atoms with E-state index in [4.69, 9.17) is 5.73 Å². The summed E-state index contributed by atoms with van der Waals surface area (Å²) in [6.45, 7) is 0. The summed E-state index contributed by atoms with van der Waals surface area (Å²) >= 11 is 0. The second kappa shape index (κ2) is 7.08. The Morgan fingerprint density at radius 3 is 1.79 bits per heavy atom. The van der Waals surface area contributed by atoms with Crippen molar-refractivity contribution in [3.8, 4) is 0 Å². The van der Waals surface area contributed by atoms with Crippen molar-refractivity contribution in [3.63, 3.8) is 0 Å². The van der Waals surface area contributed by atoms with Crippen molar-refractivity contribution < 1.29 is 0 Å². The minimum atomic E-state index is 0.283. The van der Waals surface area contributed by atoms with Gasteiger partial charge in [0.15, 0.2) is 0 Å². The van der Waals surface area contributed by atoms with E-state index in [0.717, 1.165) is 5.92 Å². The van der Waals surface area contributed by atoms with E-state index in [1.165, 1.54) is 77.0 Å². The Hall–Kier alpha value is -0.0800. The molecule has 0 aliphatic heterocycles. The van der Waals surface area contributed by atoms with Gasteiger partial charge in [-0.05, 0) is 45.7 Å². The summed E-state index contributed by atoms with van der Waals surface area (Å²) in [6.07, 6.45) is 16.6. The quantitative estimate of drug-likeness (QED) is 0.784. The highest BCUT2D eigenvalue weighted by Crippen LogP contribution is 2.39. The van der Waals surface area contributed by atoms with Gasteiger partial charge in [-0.1, -0.05) is 51.4 Å². The van der Waals surface area contributed by atoms with Crippen LogP contribution >= 0.6 is 0 Å². The van der Waals surface area contributed by atoms with E-state index in [0.29, 0.717) is 6.04 Å². The first-order chi connectivity index (χ1) is 9.17. The average molecular weight is 266 g/mol. The summed E-state index contributed by atoms with van der Waals surface area (Å²) in [4.78, 5) is 2.48. The van der Waals surface area contributed by atoms with Crippen molar-refractivity contribution in [1.29, 1.82) is 0 Å². The molecular weight excluding hydrogens is 232 g/mol. The molecule has 2 N–H and O–H groups in total. The molecular formula is C17H34N2. The molecule has 0 bridgehead atoms. The van der Waals surface area contributed by atoms with Crippen molar-refractivity contribution in [2.45, 2.75) is 88.6 Å². The summed E-state index contributed by atoms with van der Waals surface area (Å²) in [6, 6.07) is 0.388. The van der Waals surface area contributed by atoms with Crippen molar-refractivity contribution in [2.75, 3.05) is 14.1 Å². The Labute approximate surface area is 120 Å². The maximum absolute atomic E-state index is 6.86. The molecule has 2 fully saturated rings. The van der Waals surface area contributed by atoms with Crippen LogP contribution in [-0.4, -0.2) is 30.6 Å². The van der Waals surface area contributed by atoms with Gasteiger partial charge in [0, 0.05) is 11.6 Å². The lowest BCUT2D eigenvalue weighted by atomic mass is 9.73. The number of hydrogen-bond acceptors (Lipinski definition) is 2. The van der Waals surface area contributed by atoms with Gasteiger partial charge < -0.3 is 10.6 Å². The van der Waals surface area contributed by atoms with E-state index in [1.807, 2.05) is 0 Å². The molecule has 1 unspecified atom stereocenters. The third-order valence-corrected chi connectivity index (χ3v) is 5.89. The van der Waals surface area contributed by atoms with Crippen molar-refractivity contribution in [2.24, 2.45) is 11.7 Å². The SMILES string of the molecule is CN(C)C1(C(N)C2CCCCCC2)CCCCCC1. The number of hydrogen-bond donors (Lipinski definition) is 1. The maximum Gasteiger partial charge on any atom is 0.0357 e. The minimum absolute atomic E-state index is 0.283. The lowest BCUT2D eigenvalue weighted by Gasteiger charge is -2.47. The summed E-state index contributed by atoms with van der Waals surface area (Å²) in [5.41, 5.74) is 7.14. The highest BCUT2D eigenvalue weighted by molar-refractivity contribution is 5.01. The van der Waals surface area contributed by atoms with Crippen LogP contribution in [0.1, 0.15) is 77.0 Å². The Morgan fingerprint density at radius 1 is 0.842 bits per heavy atom. The molecule has 0 aromatic carbocycles. The Bertz CT molecular complexity index is 246. The molecule has 2 rings (SSSR count). The van der Waals surface area contributed by atoms with Crippen LogP contribution in [0.15, 0.2) is 0 Å². The van der Waals surface area contributed by atoms with Gasteiger partial charge in [-0.25, -0.2) is 0 Å². The third-order valence-electron chi connectivity index (χ3n) is 5.89. The first kappa shape index (κ1) is 15.3. The van der Waals surface area contributed by atoms with Gasteiger partial charge in [-0.3, -0.25) is 0 Å². The molecule has 1 atom stereocenters. The average Bonchev–Trinajstić information content (AvgIpc) is 2.81. The van der Waals surface area contributed by atoms with E-state index < -0.39 is 0 Å². The van der Waals surface area contributed by atoms with Gasteiger partial charge in [-0.2, -0.15) is 0 Å². The fraction of sp³-hybridized carbons (Fsp3) is 1.00. The molecule has 19 heavy (non-hydrogen) atoms.